The Bertz CT molecular complexity index is 185. The average molecular weight is 189 g/mol. The standard InChI is InChI=1S/C5H4ClF3O2/c6-3(4(10)11)1-2-5(7,8)9/h1H,2H2,(H,10,11). The number of alkyl halides is 3. The van der Waals surface area contributed by atoms with Crippen LogP contribution < -0.4 is 0 Å². The van der Waals surface area contributed by atoms with Crippen LogP contribution in [0, 0.1) is 0 Å². The molecule has 0 aliphatic heterocycles. The Morgan fingerprint density at radius 2 is 2.00 bits per heavy atom. The molecule has 0 fully saturated rings. The Hall–Kier alpha value is -0.710. The molecule has 1 N–H and O–H groups in total. The number of halogens is 4. The maximum atomic E-state index is 11.4. The molecule has 0 saturated carbocycles. The number of hydrogen-bond acceptors (Lipinski definition) is 1. The molecule has 0 rings (SSSR count). The molecule has 6 heteroatoms. The van der Waals surface area contributed by atoms with E-state index in [1.54, 1.807) is 0 Å². The van der Waals surface area contributed by atoms with Crippen molar-refractivity contribution in [1.82, 2.24) is 0 Å². The topological polar surface area (TPSA) is 37.3 Å². The number of rotatable bonds is 2. The van der Waals surface area contributed by atoms with E-state index < -0.39 is 23.6 Å². The van der Waals surface area contributed by atoms with Crippen LogP contribution in [-0.4, -0.2) is 17.3 Å². The maximum Gasteiger partial charge on any atom is 0.392 e. The van der Waals surface area contributed by atoms with E-state index in [2.05, 4.69) is 0 Å². The Morgan fingerprint density at radius 3 is 2.27 bits per heavy atom. The van der Waals surface area contributed by atoms with E-state index >= 15 is 0 Å². The predicted molar refractivity (Wildman–Crippen MR) is 32.2 cm³/mol. The quantitative estimate of drug-likeness (QED) is 0.674. The van der Waals surface area contributed by atoms with E-state index in [0.717, 1.165) is 0 Å². The SMILES string of the molecule is O=C(O)C(Cl)=CCC(F)(F)F. The van der Waals surface area contributed by atoms with Gasteiger partial charge in [0.25, 0.3) is 0 Å². The molecule has 64 valence electrons. The van der Waals surface area contributed by atoms with Crippen LogP contribution in [0.2, 0.25) is 0 Å². The number of carboxylic acid groups (broad SMARTS) is 1. The third kappa shape index (κ3) is 5.72. The number of allylic oxidation sites excluding steroid dienone is 1. The smallest absolute Gasteiger partial charge is 0.392 e. The number of carbonyl (C=O) groups is 1. The molecule has 0 atom stereocenters. The molecule has 2 nitrogen and oxygen atoms in total. The summed E-state index contributed by atoms with van der Waals surface area (Å²) < 4.78 is 34.1. The lowest BCUT2D eigenvalue weighted by Gasteiger charge is -2.00. The van der Waals surface area contributed by atoms with Gasteiger partial charge < -0.3 is 5.11 Å². The Morgan fingerprint density at radius 1 is 1.55 bits per heavy atom. The molecule has 0 aromatic heterocycles. The van der Waals surface area contributed by atoms with Crippen LogP contribution in [0.4, 0.5) is 13.2 Å². The minimum Gasteiger partial charge on any atom is -0.477 e. The lowest BCUT2D eigenvalue weighted by atomic mass is 10.4. The first-order chi connectivity index (χ1) is 4.83. The Labute approximate surface area is 65.3 Å². The van der Waals surface area contributed by atoms with Crippen LogP contribution in [0.5, 0.6) is 0 Å². The van der Waals surface area contributed by atoms with Crippen molar-refractivity contribution in [1.29, 1.82) is 0 Å². The lowest BCUT2D eigenvalue weighted by Crippen LogP contribution is -2.05. The summed E-state index contributed by atoms with van der Waals surface area (Å²) in [4.78, 5) is 9.85. The van der Waals surface area contributed by atoms with Crippen LogP contribution in [0.15, 0.2) is 11.1 Å². The van der Waals surface area contributed by atoms with Crippen LogP contribution in [0.3, 0.4) is 0 Å². The third-order valence-corrected chi connectivity index (χ3v) is 1.03. The van der Waals surface area contributed by atoms with E-state index in [-0.39, 0.29) is 0 Å². The van der Waals surface area contributed by atoms with E-state index in [1.165, 1.54) is 0 Å². The molecule has 0 aromatic rings. The molecular weight excluding hydrogens is 184 g/mol. The summed E-state index contributed by atoms with van der Waals surface area (Å²) in [5.41, 5.74) is 0. The summed E-state index contributed by atoms with van der Waals surface area (Å²) in [5, 5.41) is 7.19. The van der Waals surface area contributed by atoms with E-state index in [1.807, 2.05) is 0 Å². The second-order valence-corrected chi connectivity index (χ2v) is 2.08. The van der Waals surface area contributed by atoms with Gasteiger partial charge in [0, 0.05) is 0 Å². The van der Waals surface area contributed by atoms with Crippen LogP contribution >= 0.6 is 11.6 Å². The van der Waals surface area contributed by atoms with Crippen molar-refractivity contribution in [3.8, 4) is 0 Å². The highest BCUT2D eigenvalue weighted by atomic mass is 35.5. The highest BCUT2D eigenvalue weighted by molar-refractivity contribution is 6.40. The van der Waals surface area contributed by atoms with Crippen molar-refractivity contribution < 1.29 is 23.1 Å². The minimum atomic E-state index is -4.41. The van der Waals surface area contributed by atoms with Crippen LogP contribution in [0.1, 0.15) is 6.42 Å². The molecule has 11 heavy (non-hydrogen) atoms. The normalized spacial score (nSPS) is 13.3. The van der Waals surface area contributed by atoms with Gasteiger partial charge in [0.15, 0.2) is 0 Å². The summed E-state index contributed by atoms with van der Waals surface area (Å²) in [5.74, 6) is -1.56. The van der Waals surface area contributed by atoms with E-state index in [9.17, 15) is 18.0 Å². The molecule has 0 unspecified atom stereocenters. The monoisotopic (exact) mass is 188 g/mol. The van der Waals surface area contributed by atoms with E-state index in [0.29, 0.717) is 6.08 Å². The van der Waals surface area contributed by atoms with Crippen molar-refractivity contribution in [3.05, 3.63) is 11.1 Å². The lowest BCUT2D eigenvalue weighted by molar-refractivity contribution is -0.132. The third-order valence-electron chi connectivity index (χ3n) is 0.717. The molecule has 0 amide bonds. The summed E-state index contributed by atoms with van der Waals surface area (Å²) in [6.45, 7) is 0. The van der Waals surface area contributed by atoms with Crippen molar-refractivity contribution >= 4 is 17.6 Å². The fourth-order valence-electron chi connectivity index (χ4n) is 0.293. The molecular formula is C5H4ClF3O2. The predicted octanol–water partition coefficient (Wildman–Crippen LogP) is 2.15. The summed E-state index contributed by atoms with van der Waals surface area (Å²) in [6, 6.07) is 0. The summed E-state index contributed by atoms with van der Waals surface area (Å²) >= 11 is 4.88. The summed E-state index contributed by atoms with van der Waals surface area (Å²) in [6.07, 6.45) is -5.32. The van der Waals surface area contributed by atoms with Crippen molar-refractivity contribution in [2.24, 2.45) is 0 Å². The molecule has 0 bridgehead atoms. The molecule has 0 saturated heterocycles. The van der Waals surface area contributed by atoms with Gasteiger partial charge in [-0.3, -0.25) is 0 Å². The Balaban J connectivity index is 4.04. The second-order valence-electron chi connectivity index (χ2n) is 1.68. The highest BCUT2D eigenvalue weighted by Gasteiger charge is 2.25. The largest absolute Gasteiger partial charge is 0.477 e. The zero-order valence-electron chi connectivity index (χ0n) is 5.15. The molecule has 0 aromatic carbocycles. The van der Waals surface area contributed by atoms with Gasteiger partial charge in [-0.05, 0) is 6.08 Å². The van der Waals surface area contributed by atoms with Gasteiger partial charge in [0.05, 0.1) is 6.42 Å². The zero-order chi connectivity index (χ0) is 9.07. The summed E-state index contributed by atoms with van der Waals surface area (Å²) in [7, 11) is 0. The van der Waals surface area contributed by atoms with Crippen molar-refractivity contribution in [2.45, 2.75) is 12.6 Å². The first kappa shape index (κ1) is 10.3. The Kier molecular flexibility index (Phi) is 3.38. The van der Waals surface area contributed by atoms with Gasteiger partial charge >= 0.3 is 12.1 Å². The molecule has 0 aliphatic rings. The zero-order valence-corrected chi connectivity index (χ0v) is 5.91. The molecule has 0 heterocycles. The molecule has 0 aliphatic carbocycles. The van der Waals surface area contributed by atoms with Gasteiger partial charge in [-0.25, -0.2) is 4.79 Å². The van der Waals surface area contributed by atoms with Gasteiger partial charge in [0.1, 0.15) is 5.03 Å². The highest BCUT2D eigenvalue weighted by Crippen LogP contribution is 2.21. The van der Waals surface area contributed by atoms with Crippen LogP contribution in [0.25, 0.3) is 0 Å². The fraction of sp³-hybridized carbons (Fsp3) is 0.400. The van der Waals surface area contributed by atoms with Gasteiger partial charge in [-0.1, -0.05) is 11.6 Å². The average Bonchev–Trinajstić information content (AvgIpc) is 1.80. The molecule has 0 radical (unpaired) electrons. The number of aliphatic carboxylic acids is 1. The number of hydrogen-bond donors (Lipinski definition) is 1. The second kappa shape index (κ2) is 3.61. The van der Waals surface area contributed by atoms with Gasteiger partial charge in [0.2, 0.25) is 0 Å². The number of carboxylic acids is 1. The minimum absolute atomic E-state index is 0.407. The van der Waals surface area contributed by atoms with Crippen molar-refractivity contribution in [3.63, 3.8) is 0 Å². The first-order valence-corrected chi connectivity index (χ1v) is 2.86. The van der Waals surface area contributed by atoms with Gasteiger partial charge in [-0.2, -0.15) is 13.2 Å². The maximum absolute atomic E-state index is 11.4. The van der Waals surface area contributed by atoms with Crippen molar-refractivity contribution in [2.75, 3.05) is 0 Å². The molecule has 0 spiro atoms. The van der Waals surface area contributed by atoms with Crippen LogP contribution in [-0.2, 0) is 4.79 Å². The van der Waals surface area contributed by atoms with Gasteiger partial charge in [-0.15, -0.1) is 0 Å². The first-order valence-electron chi connectivity index (χ1n) is 2.48. The fourth-order valence-corrected chi connectivity index (χ4v) is 0.370. The van der Waals surface area contributed by atoms with E-state index in [4.69, 9.17) is 16.7 Å².